The molecular weight excluding hydrogens is 418 g/mol. The fourth-order valence-corrected chi connectivity index (χ4v) is 6.70. The summed E-state index contributed by atoms with van der Waals surface area (Å²) in [6, 6.07) is 10.1. The molecule has 3 heterocycles. The highest BCUT2D eigenvalue weighted by molar-refractivity contribution is 7.18. The molecule has 32 heavy (non-hydrogen) atoms. The summed E-state index contributed by atoms with van der Waals surface area (Å²) in [7, 11) is 0. The third kappa shape index (κ3) is 4.35. The number of nitrogens with zero attached hydrogens (tertiary/aromatic N) is 3. The Hall–Kier alpha value is -2.18. The van der Waals surface area contributed by atoms with Crippen molar-refractivity contribution in [2.75, 3.05) is 19.6 Å². The third-order valence-corrected chi connectivity index (χ3v) is 8.44. The number of rotatable bonds is 6. The molecule has 1 aliphatic heterocycles. The van der Waals surface area contributed by atoms with Crippen molar-refractivity contribution >= 4 is 21.6 Å². The molecule has 1 aliphatic carbocycles. The Labute approximate surface area is 193 Å². The van der Waals surface area contributed by atoms with Gasteiger partial charge in [-0.25, -0.2) is 4.79 Å². The Bertz CT molecular complexity index is 1190. The van der Waals surface area contributed by atoms with E-state index in [-0.39, 0.29) is 11.2 Å². The van der Waals surface area contributed by atoms with E-state index >= 15 is 0 Å². The Morgan fingerprint density at radius 3 is 2.34 bits per heavy atom. The number of thiophene rings is 1. The van der Waals surface area contributed by atoms with Crippen molar-refractivity contribution in [3.63, 3.8) is 0 Å². The Kier molecular flexibility index (Phi) is 6.60. The molecule has 1 fully saturated rings. The molecule has 2 aromatic heterocycles. The third-order valence-electron chi connectivity index (χ3n) is 7.12. The van der Waals surface area contributed by atoms with Crippen LogP contribution >= 0.6 is 11.3 Å². The van der Waals surface area contributed by atoms with Crippen LogP contribution in [-0.2, 0) is 32.4 Å². The van der Waals surface area contributed by atoms with Gasteiger partial charge in [0.05, 0.1) is 5.39 Å². The number of likely N-dealkylation sites (tertiary alicyclic amines) is 1. The minimum absolute atomic E-state index is 0.0745. The standard InChI is InChI=1S/C26H33N3O2S/c30-24-23-21-12-6-2-7-13-22(21)32-25(23)29(19-18-27-15-8-3-9-16-27)26(31)28(24)17-14-20-10-4-1-5-11-20/h1,4-5,10-11H,2-3,6-9,12-19H2. The van der Waals surface area contributed by atoms with Gasteiger partial charge in [-0.3, -0.25) is 13.9 Å². The van der Waals surface area contributed by atoms with E-state index in [1.807, 2.05) is 22.8 Å². The van der Waals surface area contributed by atoms with Gasteiger partial charge in [0.1, 0.15) is 4.83 Å². The van der Waals surface area contributed by atoms with E-state index in [9.17, 15) is 9.59 Å². The molecule has 0 spiro atoms. The first-order valence-corrected chi connectivity index (χ1v) is 13.1. The monoisotopic (exact) mass is 451 g/mol. The van der Waals surface area contributed by atoms with Crippen molar-refractivity contribution in [3.05, 3.63) is 67.2 Å². The zero-order chi connectivity index (χ0) is 21.9. The number of hydrogen-bond donors (Lipinski definition) is 0. The van der Waals surface area contributed by atoms with E-state index in [1.165, 1.54) is 47.1 Å². The van der Waals surface area contributed by atoms with E-state index in [0.29, 0.717) is 19.5 Å². The summed E-state index contributed by atoms with van der Waals surface area (Å²) in [6.45, 7) is 4.22. The molecule has 5 rings (SSSR count). The summed E-state index contributed by atoms with van der Waals surface area (Å²) >= 11 is 1.71. The predicted octanol–water partition coefficient (Wildman–Crippen LogP) is 4.22. The van der Waals surface area contributed by atoms with Crippen LogP contribution in [0.15, 0.2) is 39.9 Å². The molecule has 0 atom stereocenters. The first kappa shape index (κ1) is 21.7. The zero-order valence-electron chi connectivity index (χ0n) is 18.9. The summed E-state index contributed by atoms with van der Waals surface area (Å²) in [5.74, 6) is 0. The van der Waals surface area contributed by atoms with Crippen LogP contribution < -0.4 is 11.2 Å². The van der Waals surface area contributed by atoms with E-state index in [4.69, 9.17) is 0 Å². The normalized spacial score (nSPS) is 17.4. The smallest absolute Gasteiger partial charge is 0.302 e. The molecule has 0 N–H and O–H groups in total. The van der Waals surface area contributed by atoms with Gasteiger partial charge in [0.15, 0.2) is 0 Å². The number of fused-ring (bicyclic) bond motifs is 3. The lowest BCUT2D eigenvalue weighted by molar-refractivity contribution is 0.220. The number of aromatic nitrogens is 2. The second-order valence-electron chi connectivity index (χ2n) is 9.27. The number of hydrogen-bond acceptors (Lipinski definition) is 4. The van der Waals surface area contributed by atoms with Crippen molar-refractivity contribution in [3.8, 4) is 0 Å². The predicted molar refractivity (Wildman–Crippen MR) is 132 cm³/mol. The molecule has 0 saturated carbocycles. The highest BCUT2D eigenvalue weighted by Gasteiger charge is 2.23. The Morgan fingerprint density at radius 1 is 0.781 bits per heavy atom. The maximum Gasteiger partial charge on any atom is 0.332 e. The molecule has 2 aliphatic rings. The highest BCUT2D eigenvalue weighted by Crippen LogP contribution is 2.33. The molecule has 1 aromatic carbocycles. The molecule has 6 heteroatoms. The van der Waals surface area contributed by atoms with Crippen LogP contribution in [0.3, 0.4) is 0 Å². The minimum atomic E-state index is -0.133. The van der Waals surface area contributed by atoms with Gasteiger partial charge in [-0.15, -0.1) is 11.3 Å². The average molecular weight is 452 g/mol. The fourth-order valence-electron chi connectivity index (χ4n) is 5.30. The number of piperidine rings is 1. The van der Waals surface area contributed by atoms with Gasteiger partial charge in [0, 0.05) is 24.5 Å². The van der Waals surface area contributed by atoms with E-state index in [0.717, 1.165) is 54.7 Å². The zero-order valence-corrected chi connectivity index (χ0v) is 19.7. The molecule has 3 aromatic rings. The average Bonchev–Trinajstić information content (AvgIpc) is 3.02. The van der Waals surface area contributed by atoms with Gasteiger partial charge in [-0.05, 0) is 69.2 Å². The lowest BCUT2D eigenvalue weighted by Crippen LogP contribution is -2.42. The van der Waals surface area contributed by atoms with Crippen LogP contribution in [0.2, 0.25) is 0 Å². The van der Waals surface area contributed by atoms with Gasteiger partial charge in [-0.2, -0.15) is 0 Å². The minimum Gasteiger partial charge on any atom is -0.302 e. The lowest BCUT2D eigenvalue weighted by Gasteiger charge is -2.26. The first-order valence-electron chi connectivity index (χ1n) is 12.3. The molecule has 0 radical (unpaired) electrons. The Morgan fingerprint density at radius 2 is 1.53 bits per heavy atom. The summed E-state index contributed by atoms with van der Waals surface area (Å²) in [4.78, 5) is 31.9. The summed E-state index contributed by atoms with van der Waals surface area (Å²) in [5.41, 5.74) is 2.18. The highest BCUT2D eigenvalue weighted by atomic mass is 32.1. The van der Waals surface area contributed by atoms with Gasteiger partial charge in [-0.1, -0.05) is 43.2 Å². The Balaban J connectivity index is 1.56. The van der Waals surface area contributed by atoms with Crippen LogP contribution in [-0.4, -0.2) is 33.7 Å². The molecular formula is C26H33N3O2S. The van der Waals surface area contributed by atoms with Crippen molar-refractivity contribution in [2.45, 2.75) is 70.9 Å². The molecule has 5 nitrogen and oxygen atoms in total. The SMILES string of the molecule is O=c1c2c3c(sc2n(CCN2CCCCC2)c(=O)n1CCc1ccccc1)CCCCC3. The summed E-state index contributed by atoms with van der Waals surface area (Å²) in [5, 5.41) is 0.832. The summed E-state index contributed by atoms with van der Waals surface area (Å²) < 4.78 is 3.44. The fraction of sp³-hybridized carbons (Fsp3) is 0.538. The maximum atomic E-state index is 13.6. The van der Waals surface area contributed by atoms with Crippen molar-refractivity contribution in [1.29, 1.82) is 0 Å². The largest absolute Gasteiger partial charge is 0.332 e. The van der Waals surface area contributed by atoms with Crippen molar-refractivity contribution < 1.29 is 0 Å². The molecule has 1 saturated heterocycles. The van der Waals surface area contributed by atoms with Gasteiger partial charge in [0.25, 0.3) is 5.56 Å². The molecule has 0 bridgehead atoms. The van der Waals surface area contributed by atoms with Crippen LogP contribution in [0, 0.1) is 0 Å². The first-order chi connectivity index (χ1) is 15.7. The van der Waals surface area contributed by atoms with Gasteiger partial charge >= 0.3 is 5.69 Å². The maximum absolute atomic E-state index is 13.6. The quantitative estimate of drug-likeness (QED) is 0.527. The molecule has 0 amide bonds. The van der Waals surface area contributed by atoms with Crippen molar-refractivity contribution in [2.24, 2.45) is 0 Å². The summed E-state index contributed by atoms with van der Waals surface area (Å²) in [6.07, 6.45) is 10.0. The second-order valence-corrected chi connectivity index (χ2v) is 10.4. The van der Waals surface area contributed by atoms with Crippen LogP contribution in [0.4, 0.5) is 0 Å². The number of aryl methyl sites for hydroxylation is 3. The van der Waals surface area contributed by atoms with Crippen LogP contribution in [0.25, 0.3) is 10.2 Å². The topological polar surface area (TPSA) is 47.2 Å². The van der Waals surface area contributed by atoms with Gasteiger partial charge < -0.3 is 4.90 Å². The van der Waals surface area contributed by atoms with Crippen molar-refractivity contribution in [1.82, 2.24) is 14.0 Å². The van der Waals surface area contributed by atoms with Crippen LogP contribution in [0.1, 0.15) is 54.5 Å². The van der Waals surface area contributed by atoms with E-state index in [2.05, 4.69) is 17.0 Å². The molecule has 170 valence electrons. The van der Waals surface area contributed by atoms with E-state index in [1.54, 1.807) is 11.3 Å². The van der Waals surface area contributed by atoms with Gasteiger partial charge in [0.2, 0.25) is 0 Å². The number of benzene rings is 1. The van der Waals surface area contributed by atoms with E-state index < -0.39 is 0 Å². The second kappa shape index (κ2) is 9.75. The molecule has 0 unspecified atom stereocenters. The lowest BCUT2D eigenvalue weighted by atomic mass is 10.1. The van der Waals surface area contributed by atoms with Crippen LogP contribution in [0.5, 0.6) is 0 Å².